The van der Waals surface area contributed by atoms with E-state index in [4.69, 9.17) is 28.3 Å². The lowest BCUT2D eigenvalue weighted by molar-refractivity contribution is 0.282. The number of halogens is 2. The fraction of sp³-hybridized carbons (Fsp3) is 0.571. The van der Waals surface area contributed by atoms with Gasteiger partial charge >= 0.3 is 0 Å². The number of aliphatic hydroxyl groups is 1. The molecule has 0 saturated carbocycles. The van der Waals surface area contributed by atoms with Gasteiger partial charge in [0.15, 0.2) is 0 Å². The molecule has 0 aromatic carbocycles. The normalized spacial score (nSPS) is 12.6. The molecule has 0 radical (unpaired) electrons. The van der Waals surface area contributed by atoms with Crippen LogP contribution in [-0.4, -0.2) is 32.7 Å². The number of rotatable bonds is 4. The molecule has 1 aromatic heterocycles. The summed E-state index contributed by atoms with van der Waals surface area (Å²) >= 11 is 11.1. The number of anilines is 1. The van der Waals surface area contributed by atoms with Gasteiger partial charge < -0.3 is 10.4 Å². The van der Waals surface area contributed by atoms with Crippen LogP contribution in [0.15, 0.2) is 0 Å². The molecular formula is C7H10Cl2N4O. The summed E-state index contributed by atoms with van der Waals surface area (Å²) in [4.78, 5) is 11.3. The number of nitrogens with zero attached hydrogens (tertiary/aromatic N) is 3. The topological polar surface area (TPSA) is 70.9 Å². The quantitative estimate of drug-likeness (QED) is 0.827. The van der Waals surface area contributed by atoms with Crippen molar-refractivity contribution in [1.29, 1.82) is 0 Å². The van der Waals surface area contributed by atoms with E-state index in [1.165, 1.54) is 0 Å². The van der Waals surface area contributed by atoms with Gasteiger partial charge in [-0.25, -0.2) is 0 Å². The van der Waals surface area contributed by atoms with E-state index < -0.39 is 0 Å². The van der Waals surface area contributed by atoms with Crippen LogP contribution in [0.4, 0.5) is 5.95 Å². The molecule has 0 saturated heterocycles. The summed E-state index contributed by atoms with van der Waals surface area (Å²) in [6.45, 7) is 1.99. The van der Waals surface area contributed by atoms with Crippen LogP contribution in [-0.2, 0) is 0 Å². The summed E-state index contributed by atoms with van der Waals surface area (Å²) in [5.41, 5.74) is 0. The molecule has 0 aliphatic carbocycles. The van der Waals surface area contributed by atoms with Crippen LogP contribution >= 0.6 is 23.2 Å². The minimum atomic E-state index is 0.0451. The maximum absolute atomic E-state index is 8.68. The maximum atomic E-state index is 8.68. The molecule has 1 atom stereocenters. The van der Waals surface area contributed by atoms with Gasteiger partial charge in [-0.15, -0.1) is 0 Å². The van der Waals surface area contributed by atoms with E-state index in [-0.39, 0.29) is 23.2 Å². The SMILES string of the molecule is CC(CCO)Nc1nc(Cl)nc(Cl)n1. The van der Waals surface area contributed by atoms with Crippen LogP contribution in [0.25, 0.3) is 0 Å². The van der Waals surface area contributed by atoms with Crippen molar-refractivity contribution in [3.05, 3.63) is 10.6 Å². The average molecular weight is 237 g/mol. The third-order valence-electron chi connectivity index (χ3n) is 1.52. The third kappa shape index (κ3) is 3.61. The summed E-state index contributed by atoms with van der Waals surface area (Å²) in [6, 6.07) is 0.0505. The Morgan fingerprint density at radius 2 is 1.86 bits per heavy atom. The molecule has 0 fully saturated rings. The van der Waals surface area contributed by atoms with Gasteiger partial charge in [-0.3, -0.25) is 0 Å². The Morgan fingerprint density at radius 3 is 2.36 bits per heavy atom. The molecule has 1 unspecified atom stereocenters. The van der Waals surface area contributed by atoms with Gasteiger partial charge in [-0.2, -0.15) is 15.0 Å². The predicted molar refractivity (Wildman–Crippen MR) is 54.6 cm³/mol. The van der Waals surface area contributed by atoms with Gasteiger partial charge in [-0.1, -0.05) is 0 Å². The lowest BCUT2D eigenvalue weighted by Crippen LogP contribution is -2.18. The van der Waals surface area contributed by atoms with Gasteiger partial charge in [0.25, 0.3) is 0 Å². The number of aliphatic hydroxyl groups excluding tert-OH is 1. The first kappa shape index (κ1) is 11.4. The molecule has 1 aromatic rings. The summed E-state index contributed by atoms with van der Waals surface area (Å²) in [6.07, 6.45) is 0.598. The molecule has 0 bridgehead atoms. The van der Waals surface area contributed by atoms with Crippen LogP contribution in [0, 0.1) is 0 Å². The van der Waals surface area contributed by atoms with Gasteiger partial charge in [0, 0.05) is 12.6 Å². The molecule has 5 nitrogen and oxygen atoms in total. The van der Waals surface area contributed by atoms with E-state index in [9.17, 15) is 0 Å². The van der Waals surface area contributed by atoms with Crippen molar-refractivity contribution in [2.75, 3.05) is 11.9 Å². The zero-order valence-electron chi connectivity index (χ0n) is 7.54. The van der Waals surface area contributed by atoms with E-state index >= 15 is 0 Å². The minimum absolute atomic E-state index is 0.0451. The highest BCUT2D eigenvalue weighted by Crippen LogP contribution is 2.10. The van der Waals surface area contributed by atoms with Crippen molar-refractivity contribution < 1.29 is 5.11 Å². The highest BCUT2D eigenvalue weighted by molar-refractivity contribution is 6.31. The molecule has 14 heavy (non-hydrogen) atoms. The fourth-order valence-corrected chi connectivity index (χ4v) is 1.24. The Labute approximate surface area is 91.5 Å². The van der Waals surface area contributed by atoms with Crippen LogP contribution in [0.2, 0.25) is 10.6 Å². The molecule has 2 N–H and O–H groups in total. The maximum Gasteiger partial charge on any atom is 0.228 e. The fourth-order valence-electron chi connectivity index (χ4n) is 0.877. The van der Waals surface area contributed by atoms with Crippen molar-refractivity contribution >= 4 is 29.2 Å². The molecule has 0 amide bonds. The first-order valence-electron chi connectivity index (χ1n) is 4.06. The second kappa shape index (κ2) is 5.29. The molecule has 0 aliphatic heterocycles. The lowest BCUT2D eigenvalue weighted by atomic mass is 10.2. The van der Waals surface area contributed by atoms with Crippen LogP contribution in [0.5, 0.6) is 0 Å². The van der Waals surface area contributed by atoms with Crippen molar-refractivity contribution in [1.82, 2.24) is 15.0 Å². The van der Waals surface area contributed by atoms with Crippen molar-refractivity contribution in [3.63, 3.8) is 0 Å². The second-order valence-corrected chi connectivity index (χ2v) is 3.43. The highest BCUT2D eigenvalue weighted by atomic mass is 35.5. The van der Waals surface area contributed by atoms with Gasteiger partial charge in [0.05, 0.1) is 0 Å². The Balaban J connectivity index is 2.66. The first-order chi connectivity index (χ1) is 6.61. The van der Waals surface area contributed by atoms with Crippen molar-refractivity contribution in [2.45, 2.75) is 19.4 Å². The van der Waals surface area contributed by atoms with Crippen LogP contribution < -0.4 is 5.32 Å². The van der Waals surface area contributed by atoms with Gasteiger partial charge in [0.1, 0.15) is 0 Å². The number of hydrogen-bond donors (Lipinski definition) is 2. The van der Waals surface area contributed by atoms with E-state index in [2.05, 4.69) is 20.3 Å². The second-order valence-electron chi connectivity index (χ2n) is 2.75. The molecular weight excluding hydrogens is 227 g/mol. The molecule has 7 heteroatoms. The van der Waals surface area contributed by atoms with Crippen molar-refractivity contribution in [2.24, 2.45) is 0 Å². The standard InChI is InChI=1S/C7H10Cl2N4O/c1-4(2-3-14)10-7-12-5(8)11-6(9)13-7/h4,14H,2-3H2,1H3,(H,10,11,12,13). The Hall–Kier alpha value is -0.650. The summed E-state index contributed by atoms with van der Waals surface area (Å²) in [5.74, 6) is 0.316. The molecule has 0 aliphatic rings. The van der Waals surface area contributed by atoms with Gasteiger partial charge in [0.2, 0.25) is 16.5 Å². The Morgan fingerprint density at radius 1 is 1.29 bits per heavy atom. The van der Waals surface area contributed by atoms with Crippen LogP contribution in [0.3, 0.4) is 0 Å². The average Bonchev–Trinajstić information content (AvgIpc) is 2.01. The van der Waals surface area contributed by atoms with E-state index in [0.717, 1.165) is 0 Å². The summed E-state index contributed by atoms with van der Waals surface area (Å²) in [5, 5.41) is 11.7. The molecule has 1 rings (SSSR count). The predicted octanol–water partition coefficient (Wildman–Crippen LogP) is 1.36. The zero-order valence-corrected chi connectivity index (χ0v) is 9.05. The number of nitrogens with one attached hydrogen (secondary N) is 1. The Bertz CT molecular complexity index is 289. The zero-order chi connectivity index (χ0) is 10.6. The number of aromatic nitrogens is 3. The monoisotopic (exact) mass is 236 g/mol. The smallest absolute Gasteiger partial charge is 0.228 e. The summed E-state index contributed by atoms with van der Waals surface area (Å²) in [7, 11) is 0. The summed E-state index contributed by atoms with van der Waals surface area (Å²) < 4.78 is 0. The van der Waals surface area contributed by atoms with Crippen molar-refractivity contribution in [3.8, 4) is 0 Å². The Kier molecular flexibility index (Phi) is 4.31. The van der Waals surface area contributed by atoms with E-state index in [1.807, 2.05) is 6.92 Å². The number of hydrogen-bond acceptors (Lipinski definition) is 5. The third-order valence-corrected chi connectivity index (χ3v) is 1.86. The molecule has 0 spiro atoms. The van der Waals surface area contributed by atoms with Gasteiger partial charge in [-0.05, 0) is 36.5 Å². The van der Waals surface area contributed by atoms with E-state index in [0.29, 0.717) is 12.4 Å². The largest absolute Gasteiger partial charge is 0.396 e. The minimum Gasteiger partial charge on any atom is -0.396 e. The lowest BCUT2D eigenvalue weighted by Gasteiger charge is -2.11. The van der Waals surface area contributed by atoms with E-state index in [1.54, 1.807) is 0 Å². The van der Waals surface area contributed by atoms with Crippen LogP contribution in [0.1, 0.15) is 13.3 Å². The first-order valence-corrected chi connectivity index (χ1v) is 4.82. The molecule has 78 valence electrons. The highest BCUT2D eigenvalue weighted by Gasteiger charge is 2.06. The molecule has 1 heterocycles.